The van der Waals surface area contributed by atoms with Crippen molar-refractivity contribution in [1.82, 2.24) is 9.55 Å². The Kier molecular flexibility index (Phi) is 2.84. The van der Waals surface area contributed by atoms with E-state index in [1.165, 1.54) is 11.6 Å². The molecular weight excluding hydrogens is 196 g/mol. The van der Waals surface area contributed by atoms with E-state index in [4.69, 9.17) is 16.6 Å². The fraction of sp³-hybridized carbons (Fsp3) is 0.250. The largest absolute Gasteiger partial charge is 0.387 e. The van der Waals surface area contributed by atoms with Crippen LogP contribution in [0.1, 0.15) is 12.6 Å². The molecular formula is C8H12N6O. The van der Waals surface area contributed by atoms with Crippen molar-refractivity contribution in [3.8, 4) is 0 Å². The molecule has 0 bridgehead atoms. The molecule has 1 aromatic rings. The Balaban J connectivity index is 3.67. The van der Waals surface area contributed by atoms with Crippen LogP contribution in [0.5, 0.6) is 0 Å². The number of aliphatic imine (C=N–C) groups is 1. The molecule has 1 rings (SSSR count). The van der Waals surface area contributed by atoms with Crippen LogP contribution in [0.15, 0.2) is 9.79 Å². The summed E-state index contributed by atoms with van der Waals surface area (Å²) in [6.07, 6.45) is 0.985. The van der Waals surface area contributed by atoms with Crippen LogP contribution in [-0.2, 0) is 7.05 Å². The number of H-pyrrole nitrogens is 1. The number of nitrogens with zero attached hydrogens (tertiary/aromatic N) is 2. The molecule has 0 aliphatic heterocycles. The summed E-state index contributed by atoms with van der Waals surface area (Å²) in [6, 6.07) is 0. The molecule has 7 nitrogen and oxygen atoms in total. The van der Waals surface area contributed by atoms with E-state index in [1.54, 1.807) is 6.92 Å². The third kappa shape index (κ3) is 2.01. The second kappa shape index (κ2) is 3.91. The highest BCUT2D eigenvalue weighted by Crippen LogP contribution is 2.08. The van der Waals surface area contributed by atoms with E-state index in [9.17, 15) is 4.79 Å². The SMILES string of the molecule is C/C(N)=N\c1[nH]c(=N)c(=O)n(C)c1C=N. The summed E-state index contributed by atoms with van der Waals surface area (Å²) in [5.41, 5.74) is 4.87. The molecule has 5 N–H and O–H groups in total. The standard InChI is InChI=1S/C8H12N6O/c1-4(10)12-7-5(3-9)14(2)8(15)6(11)13-7/h3,9H,1-2H3,(H2,10,12)(H2,11,13). The van der Waals surface area contributed by atoms with Crippen molar-refractivity contribution in [3.05, 3.63) is 21.5 Å². The summed E-state index contributed by atoms with van der Waals surface area (Å²) in [5, 5.41) is 14.5. The molecule has 0 saturated heterocycles. The minimum atomic E-state index is -0.512. The second-order valence-corrected chi connectivity index (χ2v) is 3.00. The topological polar surface area (TPSA) is 124 Å². The normalized spacial score (nSPS) is 11.5. The van der Waals surface area contributed by atoms with Crippen molar-refractivity contribution >= 4 is 17.9 Å². The van der Waals surface area contributed by atoms with Crippen LogP contribution in [0.2, 0.25) is 0 Å². The molecule has 0 atom stereocenters. The maximum absolute atomic E-state index is 11.3. The lowest BCUT2D eigenvalue weighted by Gasteiger charge is -2.06. The zero-order valence-electron chi connectivity index (χ0n) is 8.46. The lowest BCUT2D eigenvalue weighted by atomic mass is 10.4. The Hall–Kier alpha value is -2.18. The number of hydrogen-bond donors (Lipinski definition) is 4. The molecule has 80 valence electrons. The number of nitrogens with one attached hydrogen (secondary N) is 3. The van der Waals surface area contributed by atoms with Crippen molar-refractivity contribution in [3.63, 3.8) is 0 Å². The van der Waals surface area contributed by atoms with Gasteiger partial charge in [-0.1, -0.05) is 0 Å². The van der Waals surface area contributed by atoms with Crippen LogP contribution >= 0.6 is 0 Å². The minimum Gasteiger partial charge on any atom is -0.387 e. The van der Waals surface area contributed by atoms with E-state index in [1.807, 2.05) is 0 Å². The molecule has 0 aromatic carbocycles. The molecule has 0 aliphatic carbocycles. The molecule has 0 fully saturated rings. The van der Waals surface area contributed by atoms with Crippen molar-refractivity contribution in [2.24, 2.45) is 17.8 Å². The summed E-state index contributed by atoms with van der Waals surface area (Å²) in [5.74, 6) is 0.518. The van der Waals surface area contributed by atoms with Gasteiger partial charge in [-0.2, -0.15) is 0 Å². The van der Waals surface area contributed by atoms with Crippen LogP contribution in [0.25, 0.3) is 0 Å². The first-order valence-electron chi connectivity index (χ1n) is 4.16. The number of aromatic amines is 1. The van der Waals surface area contributed by atoms with E-state index < -0.39 is 5.56 Å². The van der Waals surface area contributed by atoms with Crippen LogP contribution in [0.3, 0.4) is 0 Å². The zero-order chi connectivity index (χ0) is 11.6. The zero-order valence-corrected chi connectivity index (χ0v) is 8.46. The lowest BCUT2D eigenvalue weighted by Crippen LogP contribution is -2.36. The summed E-state index contributed by atoms with van der Waals surface area (Å²) < 4.78 is 1.17. The van der Waals surface area contributed by atoms with E-state index in [2.05, 4.69) is 9.98 Å². The van der Waals surface area contributed by atoms with Crippen molar-refractivity contribution < 1.29 is 0 Å². The molecule has 15 heavy (non-hydrogen) atoms. The van der Waals surface area contributed by atoms with Gasteiger partial charge in [0.25, 0.3) is 5.56 Å². The Morgan fingerprint density at radius 1 is 1.67 bits per heavy atom. The van der Waals surface area contributed by atoms with Gasteiger partial charge in [0.1, 0.15) is 5.69 Å². The summed E-state index contributed by atoms with van der Waals surface area (Å²) in [6.45, 7) is 1.58. The van der Waals surface area contributed by atoms with E-state index in [0.717, 1.165) is 6.21 Å². The maximum atomic E-state index is 11.3. The summed E-state index contributed by atoms with van der Waals surface area (Å²) in [4.78, 5) is 17.7. The van der Waals surface area contributed by atoms with E-state index in [-0.39, 0.29) is 22.8 Å². The Morgan fingerprint density at radius 3 is 2.73 bits per heavy atom. The van der Waals surface area contributed by atoms with Crippen molar-refractivity contribution in [2.45, 2.75) is 6.92 Å². The predicted octanol–water partition coefficient (Wildman–Crippen LogP) is -0.801. The average Bonchev–Trinajstić information content (AvgIpc) is 2.14. The van der Waals surface area contributed by atoms with Crippen LogP contribution < -0.4 is 16.8 Å². The van der Waals surface area contributed by atoms with Crippen molar-refractivity contribution in [2.75, 3.05) is 0 Å². The van der Waals surface area contributed by atoms with Gasteiger partial charge in [0.05, 0.1) is 5.84 Å². The molecule has 1 heterocycles. The highest BCUT2D eigenvalue weighted by molar-refractivity contribution is 5.85. The monoisotopic (exact) mass is 208 g/mol. The first-order valence-corrected chi connectivity index (χ1v) is 4.16. The first-order chi connectivity index (χ1) is 6.97. The van der Waals surface area contributed by atoms with Crippen LogP contribution in [-0.4, -0.2) is 21.6 Å². The van der Waals surface area contributed by atoms with Gasteiger partial charge in [-0.3, -0.25) is 10.2 Å². The molecule has 7 heteroatoms. The molecule has 0 spiro atoms. The lowest BCUT2D eigenvalue weighted by molar-refractivity contribution is 0.796. The van der Waals surface area contributed by atoms with Gasteiger partial charge in [0, 0.05) is 13.3 Å². The average molecular weight is 208 g/mol. The minimum absolute atomic E-state index is 0.233. The Morgan fingerprint density at radius 2 is 2.27 bits per heavy atom. The Bertz CT molecular complexity index is 531. The smallest absolute Gasteiger partial charge is 0.293 e. The molecule has 0 amide bonds. The fourth-order valence-corrected chi connectivity index (χ4v) is 1.10. The number of hydrogen-bond acceptors (Lipinski definition) is 4. The molecule has 0 radical (unpaired) electrons. The molecule has 0 aliphatic rings. The third-order valence-electron chi connectivity index (χ3n) is 1.79. The maximum Gasteiger partial charge on any atom is 0.293 e. The van der Waals surface area contributed by atoms with Crippen LogP contribution in [0.4, 0.5) is 5.82 Å². The predicted molar refractivity (Wildman–Crippen MR) is 56.7 cm³/mol. The number of amidine groups is 1. The fourth-order valence-electron chi connectivity index (χ4n) is 1.10. The molecule has 0 saturated carbocycles. The molecule has 1 aromatic heterocycles. The van der Waals surface area contributed by atoms with Gasteiger partial charge < -0.3 is 20.7 Å². The highest BCUT2D eigenvalue weighted by Gasteiger charge is 2.06. The molecule has 0 unspecified atom stereocenters. The van der Waals surface area contributed by atoms with Gasteiger partial charge in [-0.15, -0.1) is 0 Å². The van der Waals surface area contributed by atoms with Crippen LogP contribution in [0, 0.1) is 10.8 Å². The van der Waals surface area contributed by atoms with Gasteiger partial charge in [0.15, 0.2) is 11.3 Å². The van der Waals surface area contributed by atoms with Gasteiger partial charge in [-0.25, -0.2) is 4.99 Å². The second-order valence-electron chi connectivity index (χ2n) is 3.00. The van der Waals surface area contributed by atoms with E-state index >= 15 is 0 Å². The van der Waals surface area contributed by atoms with Gasteiger partial charge >= 0.3 is 0 Å². The van der Waals surface area contributed by atoms with Gasteiger partial charge in [0.2, 0.25) is 0 Å². The number of rotatable bonds is 2. The number of aromatic nitrogens is 2. The quantitative estimate of drug-likeness (QED) is 0.375. The highest BCUT2D eigenvalue weighted by atomic mass is 16.1. The van der Waals surface area contributed by atoms with Crippen molar-refractivity contribution in [1.29, 1.82) is 10.8 Å². The third-order valence-corrected chi connectivity index (χ3v) is 1.79. The first kappa shape index (κ1) is 10.9. The Labute approximate surface area is 85.3 Å². The van der Waals surface area contributed by atoms with Gasteiger partial charge in [-0.05, 0) is 6.92 Å². The summed E-state index contributed by atoms with van der Waals surface area (Å²) in [7, 11) is 1.47. The van der Waals surface area contributed by atoms with E-state index in [0.29, 0.717) is 0 Å². The summed E-state index contributed by atoms with van der Waals surface area (Å²) >= 11 is 0. The number of nitrogens with two attached hydrogens (primary N) is 1.